The summed E-state index contributed by atoms with van der Waals surface area (Å²) >= 11 is 0. The van der Waals surface area contributed by atoms with Gasteiger partial charge in [0.1, 0.15) is 12.7 Å². The summed E-state index contributed by atoms with van der Waals surface area (Å²) in [5.41, 5.74) is 1.56. The molecule has 2 N–H and O–H groups in total. The zero-order valence-corrected chi connectivity index (χ0v) is 18.5. The summed E-state index contributed by atoms with van der Waals surface area (Å²) in [7, 11) is 0. The number of fused-ring (bicyclic) bond motifs is 1. The van der Waals surface area contributed by atoms with Crippen LogP contribution in [-0.4, -0.2) is 49.1 Å². The number of para-hydroxylation sites is 4. The number of likely N-dealkylation sites (N-methyl/N-ethyl adjacent to an activating group) is 1. The summed E-state index contributed by atoms with van der Waals surface area (Å²) in [6.45, 7) is 3.82. The molecule has 0 aliphatic carbocycles. The molecule has 1 aliphatic rings. The highest BCUT2D eigenvalue weighted by Gasteiger charge is 2.24. The second-order valence-electron chi connectivity index (χ2n) is 7.74. The van der Waals surface area contributed by atoms with Gasteiger partial charge in [-0.15, -0.1) is 0 Å². The van der Waals surface area contributed by atoms with Gasteiger partial charge < -0.3 is 20.1 Å². The number of ether oxygens (including phenoxy) is 2. The lowest BCUT2D eigenvalue weighted by Crippen LogP contribution is -2.43. The van der Waals surface area contributed by atoms with Crippen molar-refractivity contribution in [1.82, 2.24) is 4.90 Å². The number of nitrogens with zero attached hydrogens (tertiary/aromatic N) is 1. The molecule has 2 amide bonds. The van der Waals surface area contributed by atoms with E-state index < -0.39 is 0 Å². The lowest BCUT2D eigenvalue weighted by molar-refractivity contribution is -0.117. The fraction of sp³-hybridized carbons (Fsp3) is 0.231. The van der Waals surface area contributed by atoms with Crippen molar-refractivity contribution in [2.45, 2.75) is 13.0 Å². The maximum absolute atomic E-state index is 12.8. The average Bonchev–Trinajstić information content (AvgIpc) is 2.84. The largest absolute Gasteiger partial charge is 0.486 e. The van der Waals surface area contributed by atoms with Gasteiger partial charge in [0.15, 0.2) is 11.5 Å². The number of carbonyl (C=O) groups excluding carboxylic acids is 2. The van der Waals surface area contributed by atoms with Gasteiger partial charge in [0.2, 0.25) is 5.91 Å². The topological polar surface area (TPSA) is 79.9 Å². The predicted molar refractivity (Wildman–Crippen MR) is 128 cm³/mol. The highest BCUT2D eigenvalue weighted by atomic mass is 16.6. The van der Waals surface area contributed by atoms with Gasteiger partial charge in [-0.2, -0.15) is 0 Å². The standard InChI is InChI=1S/C26H27N3O4/c1-2-29(16-20-18-32-23-14-8-9-15-24(23)33-20)17-25(30)28-22-13-7-6-12-21(22)26(31)27-19-10-4-3-5-11-19/h3-15,20H,2,16-18H2,1H3,(H,27,31)(H,28,30). The van der Waals surface area contributed by atoms with Gasteiger partial charge in [-0.3, -0.25) is 14.5 Å². The Hall–Kier alpha value is -3.84. The van der Waals surface area contributed by atoms with Crippen molar-refractivity contribution in [3.05, 3.63) is 84.4 Å². The quantitative estimate of drug-likeness (QED) is 0.547. The smallest absolute Gasteiger partial charge is 0.257 e. The molecule has 0 bridgehead atoms. The number of carbonyl (C=O) groups is 2. The first kappa shape index (κ1) is 22.4. The second kappa shape index (κ2) is 10.7. The minimum Gasteiger partial charge on any atom is -0.486 e. The second-order valence-corrected chi connectivity index (χ2v) is 7.74. The van der Waals surface area contributed by atoms with E-state index in [0.29, 0.717) is 42.4 Å². The van der Waals surface area contributed by atoms with Gasteiger partial charge in [0.05, 0.1) is 17.8 Å². The molecule has 1 aliphatic heterocycles. The molecule has 1 atom stereocenters. The van der Waals surface area contributed by atoms with Crippen molar-refractivity contribution in [2.75, 3.05) is 36.9 Å². The van der Waals surface area contributed by atoms with Crippen LogP contribution in [0.1, 0.15) is 17.3 Å². The Balaban J connectivity index is 1.35. The molecule has 0 saturated carbocycles. The molecule has 33 heavy (non-hydrogen) atoms. The van der Waals surface area contributed by atoms with Crippen LogP contribution in [0.5, 0.6) is 11.5 Å². The number of benzene rings is 3. The highest BCUT2D eigenvalue weighted by Crippen LogP contribution is 2.31. The number of hydrogen-bond donors (Lipinski definition) is 2. The minimum absolute atomic E-state index is 0.170. The van der Waals surface area contributed by atoms with Crippen LogP contribution in [0, 0.1) is 0 Å². The predicted octanol–water partition coefficient (Wildman–Crippen LogP) is 4.04. The van der Waals surface area contributed by atoms with Crippen LogP contribution >= 0.6 is 0 Å². The van der Waals surface area contributed by atoms with Crippen molar-refractivity contribution in [2.24, 2.45) is 0 Å². The number of rotatable bonds is 8. The van der Waals surface area contributed by atoms with E-state index in [1.165, 1.54) is 0 Å². The third kappa shape index (κ3) is 5.90. The number of anilines is 2. The van der Waals surface area contributed by atoms with Crippen LogP contribution < -0.4 is 20.1 Å². The first-order chi connectivity index (χ1) is 16.1. The fourth-order valence-electron chi connectivity index (χ4n) is 3.65. The molecule has 0 fully saturated rings. The molecule has 0 spiro atoms. The summed E-state index contributed by atoms with van der Waals surface area (Å²) in [5, 5.41) is 5.74. The maximum Gasteiger partial charge on any atom is 0.257 e. The highest BCUT2D eigenvalue weighted by molar-refractivity contribution is 6.10. The summed E-state index contributed by atoms with van der Waals surface area (Å²) in [6, 6.07) is 23.7. The molecule has 0 aromatic heterocycles. The first-order valence-electron chi connectivity index (χ1n) is 11.0. The lowest BCUT2D eigenvalue weighted by Gasteiger charge is -2.30. The molecule has 1 heterocycles. The van der Waals surface area contributed by atoms with E-state index in [1.807, 2.05) is 66.4 Å². The van der Waals surface area contributed by atoms with E-state index in [9.17, 15) is 9.59 Å². The van der Waals surface area contributed by atoms with Gasteiger partial charge in [-0.05, 0) is 42.9 Å². The van der Waals surface area contributed by atoms with Gasteiger partial charge >= 0.3 is 0 Å². The SMILES string of the molecule is CCN(CC(=O)Nc1ccccc1C(=O)Nc1ccccc1)CC1COc2ccccc2O1. The average molecular weight is 446 g/mol. The fourth-order valence-corrected chi connectivity index (χ4v) is 3.65. The third-order valence-corrected chi connectivity index (χ3v) is 5.32. The van der Waals surface area contributed by atoms with Gasteiger partial charge in [-0.1, -0.05) is 49.4 Å². The normalized spacial score (nSPS) is 14.5. The van der Waals surface area contributed by atoms with Crippen molar-refractivity contribution in [3.63, 3.8) is 0 Å². The Kier molecular flexibility index (Phi) is 7.22. The zero-order chi connectivity index (χ0) is 23.0. The Bertz CT molecular complexity index is 1100. The van der Waals surface area contributed by atoms with Crippen LogP contribution in [-0.2, 0) is 4.79 Å². The molecule has 3 aromatic rings. The van der Waals surface area contributed by atoms with Crippen LogP contribution in [0.15, 0.2) is 78.9 Å². The minimum atomic E-state index is -0.282. The molecule has 170 valence electrons. The van der Waals surface area contributed by atoms with Crippen LogP contribution in [0.3, 0.4) is 0 Å². The monoisotopic (exact) mass is 445 g/mol. The van der Waals surface area contributed by atoms with E-state index in [0.717, 1.165) is 5.75 Å². The van der Waals surface area contributed by atoms with E-state index in [1.54, 1.807) is 24.3 Å². The lowest BCUT2D eigenvalue weighted by atomic mass is 10.1. The third-order valence-electron chi connectivity index (χ3n) is 5.32. The van der Waals surface area contributed by atoms with E-state index in [-0.39, 0.29) is 24.5 Å². The Morgan fingerprint density at radius 1 is 0.909 bits per heavy atom. The molecule has 4 rings (SSSR count). The zero-order valence-electron chi connectivity index (χ0n) is 18.5. The molecule has 7 nitrogen and oxygen atoms in total. The van der Waals surface area contributed by atoms with Crippen molar-refractivity contribution < 1.29 is 19.1 Å². The molecule has 7 heteroatoms. The molecule has 0 saturated heterocycles. The number of hydrogen-bond acceptors (Lipinski definition) is 5. The van der Waals surface area contributed by atoms with E-state index >= 15 is 0 Å². The Morgan fingerprint density at radius 2 is 1.61 bits per heavy atom. The van der Waals surface area contributed by atoms with Crippen molar-refractivity contribution >= 4 is 23.2 Å². The summed E-state index contributed by atoms with van der Waals surface area (Å²) < 4.78 is 11.8. The first-order valence-corrected chi connectivity index (χ1v) is 11.0. The molecule has 3 aromatic carbocycles. The van der Waals surface area contributed by atoms with E-state index in [4.69, 9.17) is 9.47 Å². The summed E-state index contributed by atoms with van der Waals surface area (Å²) in [4.78, 5) is 27.5. The molecule has 0 radical (unpaired) electrons. The molecule has 1 unspecified atom stereocenters. The maximum atomic E-state index is 12.8. The van der Waals surface area contributed by atoms with Crippen molar-refractivity contribution in [1.29, 1.82) is 0 Å². The van der Waals surface area contributed by atoms with Crippen LogP contribution in [0.4, 0.5) is 11.4 Å². The van der Waals surface area contributed by atoms with Crippen LogP contribution in [0.25, 0.3) is 0 Å². The molecular weight excluding hydrogens is 418 g/mol. The Morgan fingerprint density at radius 3 is 2.39 bits per heavy atom. The van der Waals surface area contributed by atoms with Gasteiger partial charge in [-0.25, -0.2) is 0 Å². The number of amides is 2. The summed E-state index contributed by atoms with van der Waals surface area (Å²) in [6.07, 6.45) is -0.170. The Labute approximate surface area is 193 Å². The van der Waals surface area contributed by atoms with Crippen molar-refractivity contribution in [3.8, 4) is 11.5 Å². The number of nitrogens with one attached hydrogen (secondary N) is 2. The summed E-state index contributed by atoms with van der Waals surface area (Å²) in [5.74, 6) is 0.970. The van der Waals surface area contributed by atoms with E-state index in [2.05, 4.69) is 10.6 Å². The van der Waals surface area contributed by atoms with Gasteiger partial charge in [0, 0.05) is 12.2 Å². The molecular formula is C26H27N3O4. The van der Waals surface area contributed by atoms with Gasteiger partial charge in [0.25, 0.3) is 5.91 Å². The van der Waals surface area contributed by atoms with Crippen LogP contribution in [0.2, 0.25) is 0 Å².